The molecule has 1 atom stereocenters. The molecule has 4 rings (SSSR count). The number of aliphatic imine (C=N–C) groups is 1. The van der Waals surface area contributed by atoms with Crippen molar-refractivity contribution in [3.05, 3.63) is 53.1 Å². The summed E-state index contributed by atoms with van der Waals surface area (Å²) in [4.78, 5) is 22.2. The summed E-state index contributed by atoms with van der Waals surface area (Å²) < 4.78 is 29.0. The zero-order valence-corrected chi connectivity index (χ0v) is 18.7. The van der Waals surface area contributed by atoms with Gasteiger partial charge in [-0.15, -0.1) is 0 Å². The third-order valence-corrected chi connectivity index (χ3v) is 6.79. The molecule has 3 aromatic rings. The zero-order valence-electron chi connectivity index (χ0n) is 17.1. The lowest BCUT2D eigenvalue weighted by Crippen LogP contribution is -2.31. The van der Waals surface area contributed by atoms with Gasteiger partial charge in [0.05, 0.1) is 15.9 Å². The largest absolute Gasteiger partial charge is 0.313 e. The van der Waals surface area contributed by atoms with E-state index < -0.39 is 16.1 Å². The second kappa shape index (κ2) is 8.32. The monoisotopic (exact) mass is 459 g/mol. The van der Waals surface area contributed by atoms with E-state index in [0.717, 1.165) is 18.4 Å². The molecule has 0 fully saturated rings. The maximum Gasteiger partial charge on any atom is 0.263 e. The minimum absolute atomic E-state index is 0.163. The summed E-state index contributed by atoms with van der Waals surface area (Å²) in [6.07, 6.45) is 2.12. The van der Waals surface area contributed by atoms with E-state index in [4.69, 9.17) is 11.6 Å². The van der Waals surface area contributed by atoms with Crippen molar-refractivity contribution < 1.29 is 13.2 Å². The maximum absolute atomic E-state index is 13.1. The third-order valence-electron chi connectivity index (χ3n) is 5.16. The Morgan fingerprint density at radius 2 is 2.06 bits per heavy atom. The first-order valence-corrected chi connectivity index (χ1v) is 11.8. The standard InChI is InChI=1S/C21H22ClN5O3S/c1-3-4-8-15(23-19-14-7-5-6-9-18(14)31(29,30)26-19)20(28)25-21-24-16-12-13(22)10-11-17(16)27(21)2/h5-7,9-12,15H,3-4,8H2,1-2H3,(H,23,26)(H,24,25,28). The fourth-order valence-electron chi connectivity index (χ4n) is 3.52. The van der Waals surface area contributed by atoms with Crippen molar-refractivity contribution in [2.24, 2.45) is 12.0 Å². The quantitative estimate of drug-likeness (QED) is 0.588. The fraction of sp³-hybridized carbons (Fsp3) is 0.286. The van der Waals surface area contributed by atoms with Gasteiger partial charge in [0.15, 0.2) is 0 Å². The van der Waals surface area contributed by atoms with Crippen molar-refractivity contribution in [3.8, 4) is 0 Å². The average Bonchev–Trinajstić information content (AvgIpc) is 3.18. The number of carbonyl (C=O) groups excluding carboxylic acids is 1. The third kappa shape index (κ3) is 4.15. The van der Waals surface area contributed by atoms with Crippen molar-refractivity contribution in [3.63, 3.8) is 0 Å². The molecule has 0 saturated heterocycles. The summed E-state index contributed by atoms with van der Waals surface area (Å²) in [5.74, 6) is 0.203. The molecule has 162 valence electrons. The van der Waals surface area contributed by atoms with Crippen LogP contribution in [-0.2, 0) is 21.9 Å². The van der Waals surface area contributed by atoms with Gasteiger partial charge in [-0.25, -0.2) is 13.4 Å². The number of nitrogens with one attached hydrogen (secondary N) is 2. The Bertz CT molecular complexity index is 1300. The SMILES string of the molecule is CCCCC(N=C1NS(=O)(=O)c2ccccc21)C(=O)Nc1nc2cc(Cl)ccc2n1C. The Morgan fingerprint density at radius 3 is 2.84 bits per heavy atom. The predicted molar refractivity (Wildman–Crippen MR) is 121 cm³/mol. The van der Waals surface area contributed by atoms with Crippen molar-refractivity contribution >= 4 is 50.3 Å². The summed E-state index contributed by atoms with van der Waals surface area (Å²) in [6.45, 7) is 2.02. The van der Waals surface area contributed by atoms with Crippen LogP contribution < -0.4 is 10.0 Å². The van der Waals surface area contributed by atoms with Gasteiger partial charge in [-0.3, -0.25) is 19.8 Å². The van der Waals surface area contributed by atoms with Crippen molar-refractivity contribution in [2.75, 3.05) is 5.32 Å². The first-order chi connectivity index (χ1) is 14.8. The van der Waals surface area contributed by atoms with E-state index in [1.807, 2.05) is 13.0 Å². The Balaban J connectivity index is 1.65. The molecule has 1 aromatic heterocycles. The summed E-state index contributed by atoms with van der Waals surface area (Å²) in [5, 5.41) is 3.39. The van der Waals surface area contributed by atoms with E-state index in [1.54, 1.807) is 41.9 Å². The molecule has 31 heavy (non-hydrogen) atoms. The van der Waals surface area contributed by atoms with Gasteiger partial charge in [-0.05, 0) is 36.8 Å². The number of imidazole rings is 1. The van der Waals surface area contributed by atoms with Crippen LogP contribution in [0.1, 0.15) is 31.7 Å². The summed E-state index contributed by atoms with van der Waals surface area (Å²) >= 11 is 6.04. The summed E-state index contributed by atoms with van der Waals surface area (Å²) in [7, 11) is -1.88. The van der Waals surface area contributed by atoms with Crippen LogP contribution in [0.2, 0.25) is 5.02 Å². The summed E-state index contributed by atoms with van der Waals surface area (Å²) in [6, 6.07) is 11.1. The molecular weight excluding hydrogens is 438 g/mol. The molecule has 1 amide bonds. The second-order valence-corrected chi connectivity index (χ2v) is 9.44. The molecule has 2 aromatic carbocycles. The molecule has 2 heterocycles. The molecule has 1 unspecified atom stereocenters. The van der Waals surface area contributed by atoms with E-state index in [1.165, 1.54) is 6.07 Å². The van der Waals surface area contributed by atoms with Crippen LogP contribution in [-0.4, -0.2) is 35.8 Å². The first kappa shape index (κ1) is 21.3. The molecule has 0 spiro atoms. The first-order valence-electron chi connectivity index (χ1n) is 9.93. The number of nitrogens with zero attached hydrogens (tertiary/aromatic N) is 3. The van der Waals surface area contributed by atoms with Crippen LogP contribution >= 0.6 is 11.6 Å². The Kier molecular flexibility index (Phi) is 5.72. The number of halogens is 1. The van der Waals surface area contributed by atoms with E-state index in [2.05, 4.69) is 20.0 Å². The smallest absolute Gasteiger partial charge is 0.263 e. The number of carbonyl (C=O) groups is 1. The average molecular weight is 460 g/mol. The molecular formula is C21H22ClN5O3S. The predicted octanol–water partition coefficient (Wildman–Crippen LogP) is 3.46. The van der Waals surface area contributed by atoms with E-state index in [9.17, 15) is 13.2 Å². The topological polar surface area (TPSA) is 105 Å². The zero-order chi connectivity index (χ0) is 22.2. The highest BCUT2D eigenvalue weighted by Crippen LogP contribution is 2.25. The molecule has 0 bridgehead atoms. The lowest BCUT2D eigenvalue weighted by atomic mass is 10.1. The van der Waals surface area contributed by atoms with Gasteiger partial charge < -0.3 is 4.57 Å². The molecule has 2 N–H and O–H groups in total. The lowest BCUT2D eigenvalue weighted by molar-refractivity contribution is -0.117. The van der Waals surface area contributed by atoms with Gasteiger partial charge in [0.25, 0.3) is 15.9 Å². The molecule has 1 aliphatic rings. The number of aryl methyl sites for hydroxylation is 1. The minimum atomic E-state index is -3.68. The van der Waals surface area contributed by atoms with E-state index >= 15 is 0 Å². The van der Waals surface area contributed by atoms with Crippen LogP contribution in [0.5, 0.6) is 0 Å². The van der Waals surface area contributed by atoms with Crippen molar-refractivity contribution in [2.45, 2.75) is 37.1 Å². The number of benzene rings is 2. The number of hydrogen-bond acceptors (Lipinski definition) is 5. The molecule has 0 aliphatic carbocycles. The number of amides is 1. The Labute approximate surface area is 185 Å². The van der Waals surface area contributed by atoms with E-state index in [0.29, 0.717) is 28.5 Å². The van der Waals surface area contributed by atoms with Gasteiger partial charge in [0.2, 0.25) is 5.95 Å². The Morgan fingerprint density at radius 1 is 1.29 bits per heavy atom. The molecule has 0 radical (unpaired) electrons. The van der Waals surface area contributed by atoms with Crippen molar-refractivity contribution in [1.82, 2.24) is 14.3 Å². The molecule has 0 saturated carbocycles. The van der Waals surface area contributed by atoms with Crippen LogP contribution in [0.4, 0.5) is 5.95 Å². The number of sulfonamides is 1. The van der Waals surface area contributed by atoms with Gasteiger partial charge in [-0.1, -0.05) is 43.5 Å². The highest BCUT2D eigenvalue weighted by molar-refractivity contribution is 7.90. The van der Waals surface area contributed by atoms with Gasteiger partial charge in [-0.2, -0.15) is 0 Å². The highest BCUT2D eigenvalue weighted by Gasteiger charge is 2.32. The van der Waals surface area contributed by atoms with Gasteiger partial charge >= 0.3 is 0 Å². The van der Waals surface area contributed by atoms with Crippen LogP contribution in [0.15, 0.2) is 52.4 Å². The van der Waals surface area contributed by atoms with Gasteiger partial charge in [0, 0.05) is 17.6 Å². The minimum Gasteiger partial charge on any atom is -0.313 e. The Hall–Kier alpha value is -2.91. The molecule has 1 aliphatic heterocycles. The number of unbranched alkanes of at least 4 members (excludes halogenated alkanes) is 1. The fourth-order valence-corrected chi connectivity index (χ4v) is 4.92. The van der Waals surface area contributed by atoms with Crippen LogP contribution in [0.3, 0.4) is 0 Å². The lowest BCUT2D eigenvalue weighted by Gasteiger charge is -2.13. The van der Waals surface area contributed by atoms with Crippen molar-refractivity contribution in [1.29, 1.82) is 0 Å². The molecule has 8 nitrogen and oxygen atoms in total. The van der Waals surface area contributed by atoms with Crippen LogP contribution in [0.25, 0.3) is 11.0 Å². The second-order valence-electron chi connectivity index (χ2n) is 7.35. The summed E-state index contributed by atoms with van der Waals surface area (Å²) in [5.41, 5.74) is 1.96. The number of fused-ring (bicyclic) bond motifs is 2. The van der Waals surface area contributed by atoms with E-state index in [-0.39, 0.29) is 16.6 Å². The number of hydrogen-bond donors (Lipinski definition) is 2. The maximum atomic E-state index is 13.1. The molecule has 10 heteroatoms. The number of rotatable bonds is 6. The van der Waals surface area contributed by atoms with Gasteiger partial charge in [0.1, 0.15) is 11.9 Å². The number of anilines is 1. The number of aromatic nitrogens is 2. The number of amidine groups is 1. The van der Waals surface area contributed by atoms with Crippen LogP contribution in [0, 0.1) is 0 Å². The highest BCUT2D eigenvalue weighted by atomic mass is 35.5. The normalized spacial score (nSPS) is 16.8.